The van der Waals surface area contributed by atoms with E-state index >= 15 is 0 Å². The Morgan fingerprint density at radius 1 is 0.946 bits per heavy atom. The van der Waals surface area contributed by atoms with Crippen molar-refractivity contribution in [1.29, 1.82) is 0 Å². The van der Waals surface area contributed by atoms with Gasteiger partial charge in [0, 0.05) is 17.3 Å². The molecule has 0 aromatic heterocycles. The number of nitrogens with one attached hydrogen (secondary N) is 1. The fraction of sp³-hybridized carbons (Fsp3) is 0.333. The Bertz CT molecular complexity index is 1290. The third-order valence-corrected chi connectivity index (χ3v) is 7.80. The zero-order valence-electron chi connectivity index (χ0n) is 21.1. The topological polar surface area (TPSA) is 67.9 Å². The van der Waals surface area contributed by atoms with Gasteiger partial charge in [-0.15, -0.1) is 0 Å². The molecule has 6 nitrogen and oxygen atoms in total. The van der Waals surface area contributed by atoms with Crippen LogP contribution < -0.4 is 14.8 Å². The molecular formula is C30H31ClN2O4. The molecule has 0 radical (unpaired) electrons. The van der Waals surface area contributed by atoms with Crippen LogP contribution in [0.1, 0.15) is 65.5 Å². The first kappa shape index (κ1) is 25.2. The Hall–Kier alpha value is -3.51. The van der Waals surface area contributed by atoms with E-state index in [2.05, 4.69) is 5.32 Å². The summed E-state index contributed by atoms with van der Waals surface area (Å²) in [6, 6.07) is 20.0. The number of methoxy groups -OCH3 is 2. The van der Waals surface area contributed by atoms with Gasteiger partial charge in [-0.2, -0.15) is 0 Å². The number of benzene rings is 3. The summed E-state index contributed by atoms with van der Waals surface area (Å²) in [5.41, 5.74) is 2.80. The average molecular weight is 519 g/mol. The van der Waals surface area contributed by atoms with E-state index in [1.807, 2.05) is 53.4 Å². The third-order valence-electron chi connectivity index (χ3n) is 7.50. The molecule has 3 aromatic carbocycles. The van der Waals surface area contributed by atoms with Gasteiger partial charge in [-0.1, -0.05) is 61.2 Å². The van der Waals surface area contributed by atoms with E-state index in [1.165, 1.54) is 6.42 Å². The zero-order valence-corrected chi connectivity index (χ0v) is 21.8. The van der Waals surface area contributed by atoms with Crippen molar-refractivity contribution < 1.29 is 19.1 Å². The van der Waals surface area contributed by atoms with Crippen LogP contribution in [-0.2, 0) is 4.79 Å². The van der Waals surface area contributed by atoms with Gasteiger partial charge in [0.25, 0.3) is 5.91 Å². The normalized spacial score (nSPS) is 19.8. The van der Waals surface area contributed by atoms with E-state index in [0.29, 0.717) is 22.0 Å². The molecule has 1 heterocycles. The lowest BCUT2D eigenvalue weighted by Crippen LogP contribution is -2.51. The molecule has 2 atom stereocenters. The van der Waals surface area contributed by atoms with Crippen LogP contribution in [0, 0.1) is 0 Å². The van der Waals surface area contributed by atoms with E-state index in [-0.39, 0.29) is 17.9 Å². The molecule has 1 N–H and O–H groups in total. The van der Waals surface area contributed by atoms with Crippen molar-refractivity contribution in [3.63, 3.8) is 0 Å². The van der Waals surface area contributed by atoms with Crippen molar-refractivity contribution >= 4 is 29.1 Å². The van der Waals surface area contributed by atoms with Gasteiger partial charge < -0.3 is 19.7 Å². The Balaban J connectivity index is 1.61. The highest BCUT2D eigenvalue weighted by molar-refractivity contribution is 6.32. The lowest BCUT2D eigenvalue weighted by atomic mass is 9.77. The average Bonchev–Trinajstić information content (AvgIpc) is 2.93. The van der Waals surface area contributed by atoms with Crippen LogP contribution >= 0.6 is 11.6 Å². The fourth-order valence-corrected chi connectivity index (χ4v) is 5.97. The summed E-state index contributed by atoms with van der Waals surface area (Å²) in [5, 5.41) is 3.48. The largest absolute Gasteiger partial charge is 0.497 e. The van der Waals surface area contributed by atoms with Crippen LogP contribution in [0.5, 0.6) is 11.5 Å². The molecule has 5 rings (SSSR count). The highest BCUT2D eigenvalue weighted by atomic mass is 35.5. The van der Waals surface area contributed by atoms with E-state index < -0.39 is 12.0 Å². The number of amides is 2. The minimum atomic E-state index is -0.606. The second-order valence-electron chi connectivity index (χ2n) is 9.63. The molecule has 3 aromatic rings. The number of ether oxygens (including phenoxy) is 2. The van der Waals surface area contributed by atoms with Crippen molar-refractivity contribution in [3.05, 3.63) is 88.4 Å². The highest BCUT2D eigenvalue weighted by Crippen LogP contribution is 2.46. The van der Waals surface area contributed by atoms with Crippen LogP contribution in [0.4, 0.5) is 5.69 Å². The summed E-state index contributed by atoms with van der Waals surface area (Å²) in [5.74, 6) is 0.449. The fourth-order valence-electron chi connectivity index (χ4n) is 5.71. The molecule has 1 aliphatic carbocycles. The van der Waals surface area contributed by atoms with E-state index in [0.717, 1.165) is 42.6 Å². The molecule has 0 unspecified atom stereocenters. The van der Waals surface area contributed by atoms with Gasteiger partial charge in [0.2, 0.25) is 5.91 Å². The molecule has 2 aliphatic rings. The first-order valence-electron chi connectivity index (χ1n) is 12.7. The Kier molecular flexibility index (Phi) is 7.38. The van der Waals surface area contributed by atoms with Crippen LogP contribution in [0.25, 0.3) is 0 Å². The van der Waals surface area contributed by atoms with Gasteiger partial charge in [0.1, 0.15) is 11.5 Å². The van der Waals surface area contributed by atoms with E-state index in [1.54, 1.807) is 32.4 Å². The molecule has 0 spiro atoms. The van der Waals surface area contributed by atoms with Gasteiger partial charge in [0.15, 0.2) is 0 Å². The second kappa shape index (κ2) is 10.9. The third kappa shape index (κ3) is 4.90. The van der Waals surface area contributed by atoms with E-state index in [9.17, 15) is 9.59 Å². The summed E-state index contributed by atoms with van der Waals surface area (Å²) in [4.78, 5) is 30.1. The maximum atomic E-state index is 14.1. The minimum absolute atomic E-state index is 0.0140. The number of halogens is 1. The van der Waals surface area contributed by atoms with Crippen LogP contribution in [0.3, 0.4) is 0 Å². The monoisotopic (exact) mass is 518 g/mol. The van der Waals surface area contributed by atoms with Gasteiger partial charge in [-0.05, 0) is 60.4 Å². The number of carbonyl (C=O) groups excluding carboxylic acids is 2. The molecule has 1 fully saturated rings. The molecule has 2 amide bonds. The van der Waals surface area contributed by atoms with Crippen LogP contribution in [-0.4, -0.2) is 37.0 Å². The first-order valence-corrected chi connectivity index (χ1v) is 13.1. The summed E-state index contributed by atoms with van der Waals surface area (Å²) < 4.78 is 10.6. The number of hydrogen-bond donors (Lipinski definition) is 1. The quantitative estimate of drug-likeness (QED) is 0.398. The number of nitrogens with zero attached hydrogens (tertiary/aromatic N) is 1. The smallest absolute Gasteiger partial charge is 0.254 e. The lowest BCUT2D eigenvalue weighted by Gasteiger charge is -2.46. The van der Waals surface area contributed by atoms with E-state index in [4.69, 9.17) is 21.1 Å². The molecule has 7 heteroatoms. The predicted octanol–water partition coefficient (Wildman–Crippen LogP) is 6.61. The molecule has 0 bridgehead atoms. The predicted molar refractivity (Wildman–Crippen MR) is 145 cm³/mol. The molecule has 0 saturated heterocycles. The number of hydrogen-bond acceptors (Lipinski definition) is 4. The number of fused-ring (bicyclic) bond motifs is 1. The SMILES string of the molecule is COc1ccc([C@H]2[C@@H](C(=O)Nc3ccc(OC)c(Cl)c3)c3ccccc3C(=O)N2C2CCCCC2)cc1. The maximum Gasteiger partial charge on any atom is 0.254 e. The summed E-state index contributed by atoms with van der Waals surface area (Å²) in [6.07, 6.45) is 5.19. The van der Waals surface area contributed by atoms with Gasteiger partial charge in [-0.25, -0.2) is 0 Å². The Morgan fingerprint density at radius 3 is 2.35 bits per heavy atom. The molecule has 1 aliphatic heterocycles. The summed E-state index contributed by atoms with van der Waals surface area (Å²) in [7, 11) is 3.18. The number of rotatable bonds is 6. The molecular weight excluding hydrogens is 488 g/mol. The van der Waals surface area contributed by atoms with Crippen molar-refractivity contribution in [2.45, 2.75) is 50.1 Å². The van der Waals surface area contributed by atoms with Crippen molar-refractivity contribution in [3.8, 4) is 11.5 Å². The number of anilines is 1. The highest BCUT2D eigenvalue weighted by Gasteiger charge is 2.46. The zero-order chi connectivity index (χ0) is 25.9. The van der Waals surface area contributed by atoms with Crippen LogP contribution in [0.15, 0.2) is 66.7 Å². The van der Waals surface area contributed by atoms with Crippen molar-refractivity contribution in [1.82, 2.24) is 4.90 Å². The molecule has 192 valence electrons. The maximum absolute atomic E-state index is 14.1. The van der Waals surface area contributed by atoms with Gasteiger partial charge in [-0.3, -0.25) is 9.59 Å². The Labute approximate surface area is 222 Å². The number of carbonyl (C=O) groups is 2. The Morgan fingerprint density at radius 2 is 1.68 bits per heavy atom. The van der Waals surface area contributed by atoms with Crippen molar-refractivity contribution in [2.75, 3.05) is 19.5 Å². The first-order chi connectivity index (χ1) is 18.0. The summed E-state index contributed by atoms with van der Waals surface area (Å²) >= 11 is 6.34. The summed E-state index contributed by atoms with van der Waals surface area (Å²) in [6.45, 7) is 0. The second-order valence-corrected chi connectivity index (χ2v) is 10.0. The van der Waals surface area contributed by atoms with Crippen LogP contribution in [0.2, 0.25) is 5.02 Å². The lowest BCUT2D eigenvalue weighted by molar-refractivity contribution is -0.119. The molecule has 37 heavy (non-hydrogen) atoms. The standard InChI is InChI=1S/C30H31ClN2O4/c1-36-22-15-12-19(13-16-22)28-27(29(34)32-20-14-17-26(37-2)25(31)18-20)23-10-6-7-11-24(23)30(35)33(28)21-8-4-3-5-9-21/h6-7,10-18,21,27-28H,3-5,8-9H2,1-2H3,(H,32,34)/t27-,28-/m0/s1. The van der Waals surface area contributed by atoms with Gasteiger partial charge >= 0.3 is 0 Å². The van der Waals surface area contributed by atoms with Gasteiger partial charge in [0.05, 0.1) is 31.2 Å². The molecule has 1 saturated carbocycles. The minimum Gasteiger partial charge on any atom is -0.497 e. The van der Waals surface area contributed by atoms with Crippen molar-refractivity contribution in [2.24, 2.45) is 0 Å².